The lowest BCUT2D eigenvalue weighted by molar-refractivity contribution is -0.127. The lowest BCUT2D eigenvalue weighted by Gasteiger charge is -2.33. The number of para-hydroxylation sites is 1. The van der Waals surface area contributed by atoms with Gasteiger partial charge in [-0.05, 0) is 55.8 Å². The molecule has 1 saturated heterocycles. The van der Waals surface area contributed by atoms with Crippen LogP contribution in [0, 0.1) is 0 Å². The number of nitrogens with one attached hydrogen (secondary N) is 1. The number of benzene rings is 2. The zero-order valence-electron chi connectivity index (χ0n) is 23.0. The summed E-state index contributed by atoms with van der Waals surface area (Å²) < 4.78 is 7.93. The summed E-state index contributed by atoms with van der Waals surface area (Å²) in [7, 11) is 0. The van der Waals surface area contributed by atoms with E-state index in [-0.39, 0.29) is 23.3 Å². The molecule has 9 nitrogen and oxygen atoms in total. The van der Waals surface area contributed by atoms with E-state index in [2.05, 4.69) is 28.9 Å². The standard InChI is InChI=1S/C31H36N6O3/c1-3-35(4-2)18-9-13-27(38)36-19-8-10-23(20-36)37-21-26(28-29(37)31(39)34-33-30(28)32)22-14-16-25(17-15-22)40-24-11-6-5-7-12-24/h5-7,9,11-17,21,23H,3-4,8,10,18-20H2,1-2H3,(H2,32,33)(H,34,39)/b13-9+/t23-/m1/s1. The molecule has 1 fully saturated rings. The van der Waals surface area contributed by atoms with Crippen molar-refractivity contribution in [2.75, 3.05) is 38.5 Å². The van der Waals surface area contributed by atoms with Gasteiger partial charge in [0, 0.05) is 37.5 Å². The van der Waals surface area contributed by atoms with Crippen LogP contribution in [0.25, 0.3) is 22.0 Å². The van der Waals surface area contributed by atoms with Gasteiger partial charge < -0.3 is 24.8 Å². The van der Waals surface area contributed by atoms with Gasteiger partial charge in [0.1, 0.15) is 17.0 Å². The van der Waals surface area contributed by atoms with Crippen LogP contribution < -0.4 is 16.0 Å². The quantitative estimate of drug-likeness (QED) is 0.295. The van der Waals surface area contributed by atoms with Gasteiger partial charge in [-0.3, -0.25) is 9.59 Å². The summed E-state index contributed by atoms with van der Waals surface area (Å²) in [5.41, 5.74) is 8.20. The predicted octanol–water partition coefficient (Wildman–Crippen LogP) is 4.83. The van der Waals surface area contributed by atoms with Crippen LogP contribution in [0.3, 0.4) is 0 Å². The molecule has 5 rings (SSSR count). The zero-order chi connectivity index (χ0) is 28.1. The molecule has 1 amide bonds. The van der Waals surface area contributed by atoms with Crippen molar-refractivity contribution >= 4 is 22.6 Å². The molecule has 0 saturated carbocycles. The number of rotatable bonds is 9. The Morgan fingerprint density at radius 1 is 1.12 bits per heavy atom. The van der Waals surface area contributed by atoms with Crippen molar-refractivity contribution in [3.63, 3.8) is 0 Å². The number of piperidine rings is 1. The molecule has 0 aliphatic carbocycles. The molecule has 2 aromatic heterocycles. The molecule has 0 unspecified atom stereocenters. The first-order chi connectivity index (χ1) is 19.5. The first-order valence-electron chi connectivity index (χ1n) is 13.9. The number of aromatic amines is 1. The monoisotopic (exact) mass is 540 g/mol. The Kier molecular flexibility index (Phi) is 8.31. The number of aromatic nitrogens is 3. The summed E-state index contributed by atoms with van der Waals surface area (Å²) in [5, 5.41) is 7.21. The Labute approximate surface area is 233 Å². The minimum atomic E-state index is -0.304. The highest BCUT2D eigenvalue weighted by atomic mass is 16.5. The number of amides is 1. The van der Waals surface area contributed by atoms with Crippen LogP contribution in [-0.4, -0.2) is 63.2 Å². The second-order valence-corrected chi connectivity index (χ2v) is 10.0. The summed E-state index contributed by atoms with van der Waals surface area (Å²) in [6, 6.07) is 17.2. The number of hydrogen-bond acceptors (Lipinski definition) is 6. The first kappa shape index (κ1) is 27.2. The van der Waals surface area contributed by atoms with E-state index < -0.39 is 0 Å². The molecule has 0 bridgehead atoms. The van der Waals surface area contributed by atoms with Gasteiger partial charge in [-0.15, -0.1) is 0 Å². The van der Waals surface area contributed by atoms with Crippen molar-refractivity contribution in [2.24, 2.45) is 0 Å². The minimum Gasteiger partial charge on any atom is -0.457 e. The van der Waals surface area contributed by atoms with Crippen molar-refractivity contribution in [2.45, 2.75) is 32.7 Å². The van der Waals surface area contributed by atoms with Crippen LogP contribution in [0.2, 0.25) is 0 Å². The van der Waals surface area contributed by atoms with Crippen LogP contribution in [-0.2, 0) is 4.79 Å². The Morgan fingerprint density at radius 2 is 1.85 bits per heavy atom. The van der Waals surface area contributed by atoms with E-state index in [1.165, 1.54) is 0 Å². The van der Waals surface area contributed by atoms with Gasteiger partial charge in [0.05, 0.1) is 11.4 Å². The van der Waals surface area contributed by atoms with Crippen LogP contribution in [0.1, 0.15) is 32.7 Å². The van der Waals surface area contributed by atoms with Crippen molar-refractivity contribution < 1.29 is 9.53 Å². The Bertz CT molecular complexity index is 1540. The topological polar surface area (TPSA) is 109 Å². The molecule has 0 radical (unpaired) electrons. The average molecular weight is 541 g/mol. The Morgan fingerprint density at radius 3 is 2.58 bits per heavy atom. The Hall–Kier alpha value is -4.37. The number of nitrogens with two attached hydrogens (primary N) is 1. The molecule has 1 aliphatic rings. The largest absolute Gasteiger partial charge is 0.457 e. The highest BCUT2D eigenvalue weighted by molar-refractivity contribution is 6.02. The molecule has 1 atom stereocenters. The van der Waals surface area contributed by atoms with Crippen molar-refractivity contribution in [3.8, 4) is 22.6 Å². The van der Waals surface area contributed by atoms with Crippen LogP contribution in [0.4, 0.5) is 5.82 Å². The van der Waals surface area contributed by atoms with Crippen molar-refractivity contribution in [1.29, 1.82) is 0 Å². The summed E-state index contributed by atoms with van der Waals surface area (Å²) in [6.45, 7) is 8.07. The fourth-order valence-electron chi connectivity index (χ4n) is 5.34. The van der Waals surface area contributed by atoms with Crippen LogP contribution >= 0.6 is 0 Å². The molecule has 0 spiro atoms. The second-order valence-electron chi connectivity index (χ2n) is 10.0. The second kappa shape index (κ2) is 12.2. The Balaban J connectivity index is 1.42. The number of nitrogen functional groups attached to an aromatic ring is 1. The summed E-state index contributed by atoms with van der Waals surface area (Å²) >= 11 is 0. The van der Waals surface area contributed by atoms with E-state index in [1.54, 1.807) is 6.08 Å². The maximum Gasteiger partial charge on any atom is 0.288 e. The molecular formula is C31H36N6O3. The van der Waals surface area contributed by atoms with E-state index >= 15 is 0 Å². The molecule has 4 aromatic rings. The number of ether oxygens (including phenoxy) is 1. The van der Waals surface area contributed by atoms with Crippen molar-refractivity contribution in [1.82, 2.24) is 24.6 Å². The number of carbonyl (C=O) groups is 1. The third kappa shape index (κ3) is 5.79. The minimum absolute atomic E-state index is 0.00219. The molecule has 3 heterocycles. The molecule has 3 N–H and O–H groups in total. The molecular weight excluding hydrogens is 504 g/mol. The third-order valence-electron chi connectivity index (χ3n) is 7.55. The van der Waals surface area contributed by atoms with Gasteiger partial charge in [0.15, 0.2) is 5.82 Å². The fourth-order valence-corrected chi connectivity index (χ4v) is 5.34. The zero-order valence-corrected chi connectivity index (χ0v) is 23.0. The molecule has 208 valence electrons. The van der Waals surface area contributed by atoms with Gasteiger partial charge in [0.25, 0.3) is 5.56 Å². The smallest absolute Gasteiger partial charge is 0.288 e. The lowest BCUT2D eigenvalue weighted by Crippen LogP contribution is -2.40. The summed E-state index contributed by atoms with van der Waals surface area (Å²) in [5.74, 6) is 1.72. The number of likely N-dealkylation sites (tertiary alicyclic amines) is 1. The molecule has 1 aliphatic heterocycles. The maximum atomic E-state index is 13.1. The van der Waals surface area contributed by atoms with E-state index in [0.29, 0.717) is 29.7 Å². The van der Waals surface area contributed by atoms with E-state index in [1.807, 2.05) is 76.3 Å². The normalized spacial score (nSPS) is 15.8. The number of likely N-dealkylation sites (N-methyl/N-ethyl adjacent to an activating group) is 1. The number of nitrogens with zero attached hydrogens (tertiary/aromatic N) is 4. The summed E-state index contributed by atoms with van der Waals surface area (Å²) in [4.78, 5) is 30.2. The fraction of sp³-hybridized carbons (Fsp3) is 0.323. The molecule has 2 aromatic carbocycles. The lowest BCUT2D eigenvalue weighted by atomic mass is 10.1. The molecule has 9 heteroatoms. The predicted molar refractivity (Wildman–Crippen MR) is 158 cm³/mol. The van der Waals surface area contributed by atoms with Gasteiger partial charge in [-0.1, -0.05) is 50.3 Å². The number of H-pyrrole nitrogens is 1. The SMILES string of the molecule is CCN(CC)C/C=C/C(=O)N1CCC[C@@H](n2cc(-c3ccc(Oc4ccccc4)cc3)c3c(N)n[nH]c(=O)c32)C1. The maximum absolute atomic E-state index is 13.1. The number of anilines is 1. The van der Waals surface area contributed by atoms with Gasteiger partial charge in [-0.25, -0.2) is 5.10 Å². The first-order valence-corrected chi connectivity index (χ1v) is 13.9. The highest BCUT2D eigenvalue weighted by Crippen LogP contribution is 2.36. The van der Waals surface area contributed by atoms with E-state index in [0.717, 1.165) is 49.4 Å². The van der Waals surface area contributed by atoms with Gasteiger partial charge >= 0.3 is 0 Å². The summed E-state index contributed by atoms with van der Waals surface area (Å²) in [6.07, 6.45) is 7.28. The number of carbonyl (C=O) groups excluding carboxylic acids is 1. The van der Waals surface area contributed by atoms with E-state index in [4.69, 9.17) is 10.5 Å². The third-order valence-corrected chi connectivity index (χ3v) is 7.55. The van der Waals surface area contributed by atoms with Crippen molar-refractivity contribution in [3.05, 3.63) is 83.3 Å². The van der Waals surface area contributed by atoms with Gasteiger partial charge in [-0.2, -0.15) is 5.10 Å². The van der Waals surface area contributed by atoms with E-state index in [9.17, 15) is 9.59 Å². The highest BCUT2D eigenvalue weighted by Gasteiger charge is 2.27. The van der Waals surface area contributed by atoms with Gasteiger partial charge in [0.2, 0.25) is 5.91 Å². The van der Waals surface area contributed by atoms with Crippen LogP contribution in [0.15, 0.2) is 77.7 Å². The van der Waals surface area contributed by atoms with Crippen LogP contribution in [0.5, 0.6) is 11.5 Å². The molecule has 40 heavy (non-hydrogen) atoms. The number of fused-ring (bicyclic) bond motifs is 1. The number of hydrogen-bond donors (Lipinski definition) is 2. The average Bonchev–Trinajstić information content (AvgIpc) is 3.40.